The third kappa shape index (κ3) is 3.58. The Hall–Kier alpha value is -1.40. The summed E-state index contributed by atoms with van der Waals surface area (Å²) < 4.78 is 5.30. The quantitative estimate of drug-likeness (QED) is 0.676. The molecule has 3 N–H and O–H groups in total. The molecule has 1 aliphatic carbocycles. The van der Waals surface area contributed by atoms with Crippen LogP contribution in [0.2, 0.25) is 0 Å². The number of esters is 1. The highest BCUT2D eigenvalue weighted by Crippen LogP contribution is 2.27. The average Bonchev–Trinajstić information content (AvgIpc) is 3.01. The lowest BCUT2D eigenvalue weighted by atomic mass is 9.79. The highest BCUT2D eigenvalue weighted by Gasteiger charge is 2.31. The minimum atomic E-state index is -0.305. The SMILES string of the molecule is CN[C@H]1CCCC(CCOC(=O)c2cn[nH]c2)[C@@H]1NC. The van der Waals surface area contributed by atoms with Crippen molar-refractivity contribution < 1.29 is 9.53 Å². The lowest BCUT2D eigenvalue weighted by Gasteiger charge is -2.38. The zero-order valence-electron chi connectivity index (χ0n) is 12.2. The van der Waals surface area contributed by atoms with Crippen molar-refractivity contribution in [3.05, 3.63) is 18.0 Å². The number of H-pyrrole nitrogens is 1. The van der Waals surface area contributed by atoms with Crippen LogP contribution in [0.3, 0.4) is 0 Å². The first-order valence-corrected chi connectivity index (χ1v) is 7.26. The van der Waals surface area contributed by atoms with Gasteiger partial charge in [-0.05, 0) is 39.3 Å². The number of likely N-dealkylation sites (N-methyl/N-ethyl adjacent to an activating group) is 2. The number of nitrogens with zero attached hydrogens (tertiary/aromatic N) is 1. The number of hydrogen-bond acceptors (Lipinski definition) is 5. The molecule has 112 valence electrons. The van der Waals surface area contributed by atoms with Crippen LogP contribution >= 0.6 is 0 Å². The normalized spacial score (nSPS) is 26.4. The number of hydrogen-bond donors (Lipinski definition) is 3. The molecule has 2 rings (SSSR count). The third-order valence-electron chi connectivity index (χ3n) is 4.19. The maximum absolute atomic E-state index is 11.7. The van der Waals surface area contributed by atoms with Crippen LogP contribution in [0.25, 0.3) is 0 Å². The number of carbonyl (C=O) groups excluding carboxylic acids is 1. The maximum atomic E-state index is 11.7. The second-order valence-corrected chi connectivity index (χ2v) is 5.31. The molecule has 1 unspecified atom stereocenters. The van der Waals surface area contributed by atoms with Gasteiger partial charge in [-0.25, -0.2) is 4.79 Å². The lowest BCUT2D eigenvalue weighted by Crippen LogP contribution is -2.52. The Morgan fingerprint density at radius 2 is 2.30 bits per heavy atom. The molecular formula is C14H24N4O2. The second kappa shape index (κ2) is 7.40. The summed E-state index contributed by atoms with van der Waals surface area (Å²) >= 11 is 0. The average molecular weight is 280 g/mol. The van der Waals surface area contributed by atoms with Crippen LogP contribution in [0, 0.1) is 5.92 Å². The summed E-state index contributed by atoms with van der Waals surface area (Å²) in [4.78, 5) is 11.7. The predicted octanol–water partition coefficient (Wildman–Crippen LogP) is 0.933. The fourth-order valence-corrected chi connectivity index (χ4v) is 3.12. The molecule has 1 fully saturated rings. The van der Waals surface area contributed by atoms with Gasteiger partial charge in [0.15, 0.2) is 0 Å². The van der Waals surface area contributed by atoms with Gasteiger partial charge >= 0.3 is 5.97 Å². The predicted molar refractivity (Wildman–Crippen MR) is 76.5 cm³/mol. The van der Waals surface area contributed by atoms with E-state index in [1.165, 1.54) is 25.5 Å². The third-order valence-corrected chi connectivity index (χ3v) is 4.19. The van der Waals surface area contributed by atoms with Gasteiger partial charge in [-0.3, -0.25) is 5.10 Å². The summed E-state index contributed by atoms with van der Waals surface area (Å²) in [6.07, 6.45) is 7.55. The van der Waals surface area contributed by atoms with Crippen molar-refractivity contribution in [3.63, 3.8) is 0 Å². The van der Waals surface area contributed by atoms with Gasteiger partial charge in [-0.1, -0.05) is 6.42 Å². The van der Waals surface area contributed by atoms with Gasteiger partial charge in [-0.15, -0.1) is 0 Å². The van der Waals surface area contributed by atoms with Crippen molar-refractivity contribution in [1.29, 1.82) is 0 Å². The fourth-order valence-electron chi connectivity index (χ4n) is 3.12. The van der Waals surface area contributed by atoms with Gasteiger partial charge in [0.25, 0.3) is 0 Å². The van der Waals surface area contributed by atoms with Gasteiger partial charge in [0.1, 0.15) is 0 Å². The van der Waals surface area contributed by atoms with Crippen LogP contribution in [0.1, 0.15) is 36.0 Å². The van der Waals surface area contributed by atoms with Crippen LogP contribution in [0.4, 0.5) is 0 Å². The van der Waals surface area contributed by atoms with Crippen molar-refractivity contribution in [2.45, 2.75) is 37.8 Å². The van der Waals surface area contributed by atoms with E-state index in [4.69, 9.17) is 4.74 Å². The van der Waals surface area contributed by atoms with Crippen LogP contribution in [0.5, 0.6) is 0 Å². The van der Waals surface area contributed by atoms with E-state index in [9.17, 15) is 4.79 Å². The van der Waals surface area contributed by atoms with E-state index in [-0.39, 0.29) is 5.97 Å². The van der Waals surface area contributed by atoms with Crippen LogP contribution in [-0.4, -0.2) is 49.0 Å². The summed E-state index contributed by atoms with van der Waals surface area (Å²) in [5.41, 5.74) is 0.479. The van der Waals surface area contributed by atoms with Gasteiger partial charge in [0.05, 0.1) is 18.4 Å². The number of ether oxygens (including phenoxy) is 1. The van der Waals surface area contributed by atoms with E-state index in [1.54, 1.807) is 6.20 Å². The molecule has 1 aromatic rings. The number of aromatic amines is 1. The van der Waals surface area contributed by atoms with E-state index < -0.39 is 0 Å². The van der Waals surface area contributed by atoms with Crippen LogP contribution < -0.4 is 10.6 Å². The summed E-state index contributed by atoms with van der Waals surface area (Å²) in [5, 5.41) is 13.1. The first-order chi connectivity index (χ1) is 9.76. The van der Waals surface area contributed by atoms with Gasteiger partial charge in [0, 0.05) is 18.3 Å². The topological polar surface area (TPSA) is 79.0 Å². The standard InChI is InChI=1S/C14H24N4O2/c1-15-12-5-3-4-10(13(12)16-2)6-7-20-14(19)11-8-17-18-9-11/h8-10,12-13,15-16H,3-7H2,1-2H3,(H,17,18)/t10?,12-,13-/m0/s1. The molecule has 0 amide bonds. The van der Waals surface area contributed by atoms with Crippen molar-refractivity contribution in [1.82, 2.24) is 20.8 Å². The zero-order chi connectivity index (χ0) is 14.4. The molecule has 1 aliphatic rings. The molecule has 1 heterocycles. The highest BCUT2D eigenvalue weighted by atomic mass is 16.5. The Morgan fingerprint density at radius 3 is 2.95 bits per heavy atom. The Balaban J connectivity index is 1.79. The molecule has 20 heavy (non-hydrogen) atoms. The number of aromatic nitrogens is 2. The molecule has 3 atom stereocenters. The van der Waals surface area contributed by atoms with Crippen molar-refractivity contribution in [2.24, 2.45) is 5.92 Å². The first-order valence-electron chi connectivity index (χ1n) is 7.26. The molecule has 1 saturated carbocycles. The van der Waals surface area contributed by atoms with Gasteiger partial charge < -0.3 is 15.4 Å². The lowest BCUT2D eigenvalue weighted by molar-refractivity contribution is 0.0459. The highest BCUT2D eigenvalue weighted by molar-refractivity contribution is 5.88. The number of rotatable bonds is 6. The Kier molecular flexibility index (Phi) is 5.55. The van der Waals surface area contributed by atoms with Crippen LogP contribution in [0.15, 0.2) is 12.4 Å². The summed E-state index contributed by atoms with van der Waals surface area (Å²) in [6.45, 7) is 0.462. The maximum Gasteiger partial charge on any atom is 0.341 e. The minimum Gasteiger partial charge on any atom is -0.462 e. The number of nitrogens with one attached hydrogen (secondary N) is 3. The fraction of sp³-hybridized carbons (Fsp3) is 0.714. The number of carbonyl (C=O) groups is 1. The van der Waals surface area contributed by atoms with Gasteiger partial charge in [-0.2, -0.15) is 5.10 Å². The van der Waals surface area contributed by atoms with E-state index in [2.05, 4.69) is 20.8 Å². The van der Waals surface area contributed by atoms with E-state index in [1.807, 2.05) is 14.1 Å². The summed E-state index contributed by atoms with van der Waals surface area (Å²) in [5.74, 6) is 0.240. The Labute approximate surface area is 119 Å². The van der Waals surface area contributed by atoms with Crippen molar-refractivity contribution in [3.8, 4) is 0 Å². The largest absolute Gasteiger partial charge is 0.462 e. The second-order valence-electron chi connectivity index (χ2n) is 5.31. The summed E-state index contributed by atoms with van der Waals surface area (Å²) in [6, 6.07) is 0.949. The molecule has 1 aromatic heterocycles. The van der Waals surface area contributed by atoms with Crippen LogP contribution in [-0.2, 0) is 4.74 Å². The molecule has 6 nitrogen and oxygen atoms in total. The zero-order valence-corrected chi connectivity index (χ0v) is 12.2. The molecule has 0 aromatic carbocycles. The molecule has 0 saturated heterocycles. The van der Waals surface area contributed by atoms with Gasteiger partial charge in [0.2, 0.25) is 0 Å². The molecule has 0 bridgehead atoms. The summed E-state index contributed by atoms with van der Waals surface area (Å²) in [7, 11) is 4.02. The molecule has 0 spiro atoms. The van der Waals surface area contributed by atoms with Crippen molar-refractivity contribution in [2.75, 3.05) is 20.7 Å². The smallest absolute Gasteiger partial charge is 0.341 e. The minimum absolute atomic E-state index is 0.305. The molecule has 0 radical (unpaired) electrons. The van der Waals surface area contributed by atoms with Crippen molar-refractivity contribution >= 4 is 5.97 Å². The Morgan fingerprint density at radius 1 is 1.45 bits per heavy atom. The molecule has 0 aliphatic heterocycles. The Bertz CT molecular complexity index is 407. The molecular weight excluding hydrogens is 256 g/mol. The molecule has 6 heteroatoms. The van der Waals surface area contributed by atoms with E-state index >= 15 is 0 Å². The first kappa shape index (κ1) is 15.0. The van der Waals surface area contributed by atoms with E-state index in [0.717, 1.165) is 6.42 Å². The van der Waals surface area contributed by atoms with E-state index in [0.29, 0.717) is 30.2 Å². The monoisotopic (exact) mass is 280 g/mol.